The van der Waals surface area contributed by atoms with E-state index in [1.54, 1.807) is 6.08 Å². The molecular weight excluding hydrogens is 423 g/mol. The van der Waals surface area contributed by atoms with Gasteiger partial charge in [-0.3, -0.25) is 4.57 Å². The lowest BCUT2D eigenvalue weighted by Crippen LogP contribution is -2.32. The summed E-state index contributed by atoms with van der Waals surface area (Å²) in [6, 6.07) is 9.59. The summed E-state index contributed by atoms with van der Waals surface area (Å²) in [6.07, 6.45) is -2.58. The Morgan fingerprint density at radius 1 is 1.32 bits per heavy atom. The van der Waals surface area contributed by atoms with E-state index in [0.29, 0.717) is 0 Å². The van der Waals surface area contributed by atoms with Gasteiger partial charge in [-0.25, -0.2) is 9.59 Å². The van der Waals surface area contributed by atoms with Gasteiger partial charge in [0.05, 0.1) is 26.0 Å². The summed E-state index contributed by atoms with van der Waals surface area (Å²) < 4.78 is 58.5. The number of anilines is 1. The van der Waals surface area contributed by atoms with Gasteiger partial charge < -0.3 is 24.7 Å². The van der Waals surface area contributed by atoms with Gasteiger partial charge in [0.2, 0.25) is 0 Å². The molecule has 0 saturated carbocycles. The second-order valence-corrected chi connectivity index (χ2v) is 6.27. The molecule has 0 bridgehead atoms. The second-order valence-electron chi connectivity index (χ2n) is 6.27. The first-order valence-electron chi connectivity index (χ1n) is 8.98. The summed E-state index contributed by atoms with van der Waals surface area (Å²) in [7, 11) is 0. The average Bonchev–Trinajstić information content (AvgIpc) is 3.18. The van der Waals surface area contributed by atoms with E-state index in [4.69, 9.17) is 19.9 Å². The number of hydrogen-bond acceptors (Lipinski definition) is 8. The lowest BCUT2D eigenvalue weighted by Gasteiger charge is -2.15. The number of nitrogens with zero attached hydrogens (tertiary/aromatic N) is 2. The Balaban J connectivity index is 1.55. The molecule has 2 unspecified atom stereocenters. The zero-order chi connectivity index (χ0) is 22.4. The minimum Gasteiger partial charge on any atom is -0.414 e. The van der Waals surface area contributed by atoms with E-state index in [1.807, 2.05) is 36.4 Å². The van der Waals surface area contributed by atoms with Crippen LogP contribution >= 0.6 is 0 Å². The maximum atomic E-state index is 12.4. The summed E-state index contributed by atoms with van der Waals surface area (Å²) in [6.45, 7) is 0.221. The van der Waals surface area contributed by atoms with Crippen LogP contribution in [0.15, 0.2) is 47.4 Å². The molecule has 0 spiro atoms. The molecule has 1 fully saturated rings. The van der Waals surface area contributed by atoms with Gasteiger partial charge in [-0.1, -0.05) is 42.5 Å². The fraction of sp³-hybridized carbons (Fsp3) is 0.316. The smallest absolute Gasteiger partial charge is 0.414 e. The molecule has 166 valence electrons. The number of nitrogens with two attached hydrogens (primary N) is 1. The largest absolute Gasteiger partial charge is 0.491 e. The van der Waals surface area contributed by atoms with Crippen molar-refractivity contribution < 1.29 is 36.9 Å². The Labute approximate surface area is 173 Å². The van der Waals surface area contributed by atoms with Crippen LogP contribution in [0.5, 0.6) is 5.75 Å². The highest BCUT2D eigenvalue weighted by Crippen LogP contribution is 2.25. The number of esters is 1. The lowest BCUT2D eigenvalue weighted by atomic mass is 10.2. The molecule has 9 nitrogen and oxygen atoms in total. The molecule has 1 aliphatic heterocycles. The molecule has 31 heavy (non-hydrogen) atoms. The van der Waals surface area contributed by atoms with E-state index in [2.05, 4.69) is 9.72 Å². The molecule has 3 rings (SSSR count). The summed E-state index contributed by atoms with van der Waals surface area (Å²) in [4.78, 5) is 26.4. The second kappa shape index (κ2) is 9.73. The predicted octanol–water partition coefficient (Wildman–Crippen LogP) is 1.89. The minimum absolute atomic E-state index is 0.0443. The number of carbonyl (C=O) groups is 1. The third kappa shape index (κ3) is 6.13. The fourth-order valence-electron chi connectivity index (χ4n) is 2.56. The Hall–Kier alpha value is -3.22. The van der Waals surface area contributed by atoms with Gasteiger partial charge >= 0.3 is 17.8 Å². The van der Waals surface area contributed by atoms with Crippen molar-refractivity contribution in [2.24, 2.45) is 0 Å². The van der Waals surface area contributed by atoms with E-state index >= 15 is 0 Å². The molecule has 1 aliphatic rings. The monoisotopic (exact) mass is 441 g/mol. The van der Waals surface area contributed by atoms with Crippen LogP contribution in [0.25, 0.3) is 6.08 Å². The molecule has 1 aromatic heterocycles. The van der Waals surface area contributed by atoms with Gasteiger partial charge in [-0.15, -0.1) is 0 Å². The molecule has 1 saturated heterocycles. The first kappa shape index (κ1) is 22.5. The topological polar surface area (TPSA) is 115 Å². The van der Waals surface area contributed by atoms with Crippen LogP contribution in [0.2, 0.25) is 0 Å². The predicted molar refractivity (Wildman–Crippen MR) is 101 cm³/mol. The molecule has 2 heterocycles. The highest BCUT2D eigenvalue weighted by atomic mass is 19.4. The van der Waals surface area contributed by atoms with Gasteiger partial charge in [0, 0.05) is 0 Å². The quantitative estimate of drug-likeness (QED) is 0.512. The Morgan fingerprint density at radius 2 is 2.06 bits per heavy atom. The third-order valence-corrected chi connectivity index (χ3v) is 4.00. The zero-order valence-electron chi connectivity index (χ0n) is 15.9. The van der Waals surface area contributed by atoms with Crippen LogP contribution in [0.4, 0.5) is 19.0 Å². The van der Waals surface area contributed by atoms with E-state index in [1.165, 1.54) is 0 Å². The van der Waals surface area contributed by atoms with Crippen LogP contribution in [0, 0.1) is 0 Å². The number of aromatic nitrogens is 2. The molecule has 0 aliphatic carbocycles. The van der Waals surface area contributed by atoms with Gasteiger partial charge in [0.15, 0.2) is 24.1 Å². The molecule has 2 N–H and O–H groups in total. The van der Waals surface area contributed by atoms with Gasteiger partial charge in [0.1, 0.15) is 0 Å². The number of halogens is 3. The van der Waals surface area contributed by atoms with Gasteiger partial charge in [-0.2, -0.15) is 18.2 Å². The first-order chi connectivity index (χ1) is 14.7. The zero-order valence-corrected chi connectivity index (χ0v) is 15.9. The van der Waals surface area contributed by atoms with Crippen molar-refractivity contribution in [3.63, 3.8) is 0 Å². The number of nitrogen functional groups attached to an aromatic ring is 1. The summed E-state index contributed by atoms with van der Waals surface area (Å²) >= 11 is 0. The highest BCUT2D eigenvalue weighted by molar-refractivity contribution is 5.79. The lowest BCUT2D eigenvalue weighted by molar-refractivity contribution is -0.189. The van der Waals surface area contributed by atoms with E-state index in [9.17, 15) is 22.8 Å². The molecule has 0 amide bonds. The van der Waals surface area contributed by atoms with Crippen LogP contribution in [-0.4, -0.2) is 47.8 Å². The van der Waals surface area contributed by atoms with Gasteiger partial charge in [0.25, 0.3) is 0 Å². The van der Waals surface area contributed by atoms with Crippen LogP contribution in [0.1, 0.15) is 11.8 Å². The van der Waals surface area contributed by atoms with Crippen molar-refractivity contribution in [1.82, 2.24) is 9.55 Å². The average molecular weight is 441 g/mol. The van der Waals surface area contributed by atoms with Crippen LogP contribution in [-0.2, 0) is 19.0 Å². The number of benzene rings is 1. The van der Waals surface area contributed by atoms with Crippen molar-refractivity contribution in [2.45, 2.75) is 18.7 Å². The normalized spacial score (nSPS) is 19.1. The number of rotatable bonds is 7. The maximum Gasteiger partial charge on any atom is 0.491 e. The number of ether oxygens (including phenoxy) is 4. The van der Waals surface area contributed by atoms with Gasteiger partial charge in [-0.05, 0) is 5.56 Å². The van der Waals surface area contributed by atoms with Crippen molar-refractivity contribution >= 4 is 17.9 Å². The summed E-state index contributed by atoms with van der Waals surface area (Å²) in [5.74, 6) is -3.89. The standard InChI is InChI=1S/C19H18F3N3O6/c20-19(21,22)17(26)30-13-9-25(18(27)24-16(13)23)14-10-29-15(31-14)11-28-8-4-7-12-5-2-1-3-6-12/h1-7,9,14-15H,8,10-11H2,(H2,23,24,27)/b7-4+. The maximum absolute atomic E-state index is 12.4. The van der Waals surface area contributed by atoms with Crippen LogP contribution in [0.3, 0.4) is 0 Å². The molecular formula is C19H18F3N3O6. The van der Waals surface area contributed by atoms with E-state index in [-0.39, 0.29) is 19.8 Å². The van der Waals surface area contributed by atoms with E-state index in [0.717, 1.165) is 16.3 Å². The Kier molecular flexibility index (Phi) is 7.05. The number of alkyl halides is 3. The third-order valence-electron chi connectivity index (χ3n) is 4.00. The SMILES string of the molecule is Nc1nc(=O)n(C2COC(COC/C=C/c3ccccc3)O2)cc1OC(=O)C(F)(F)F. The Morgan fingerprint density at radius 3 is 2.77 bits per heavy atom. The van der Waals surface area contributed by atoms with Crippen molar-refractivity contribution in [1.29, 1.82) is 0 Å². The van der Waals surface area contributed by atoms with Crippen molar-refractivity contribution in [3.8, 4) is 5.75 Å². The molecule has 2 aromatic rings. The van der Waals surface area contributed by atoms with Crippen molar-refractivity contribution in [2.75, 3.05) is 25.6 Å². The van der Waals surface area contributed by atoms with E-state index < -0.39 is 41.9 Å². The fourth-order valence-corrected chi connectivity index (χ4v) is 2.56. The highest BCUT2D eigenvalue weighted by Gasteiger charge is 2.42. The molecule has 12 heteroatoms. The van der Waals surface area contributed by atoms with Crippen LogP contribution < -0.4 is 16.2 Å². The first-order valence-corrected chi connectivity index (χ1v) is 8.98. The summed E-state index contributed by atoms with van der Waals surface area (Å²) in [5.41, 5.74) is 5.48. The Bertz CT molecular complexity index is 994. The molecule has 0 radical (unpaired) electrons. The molecule has 2 atom stereocenters. The summed E-state index contributed by atoms with van der Waals surface area (Å²) in [5, 5.41) is 0. The number of carbonyl (C=O) groups excluding carboxylic acids is 1. The minimum atomic E-state index is -5.24. The molecule has 1 aromatic carbocycles. The number of hydrogen-bond donors (Lipinski definition) is 1. The van der Waals surface area contributed by atoms with Crippen molar-refractivity contribution in [3.05, 3.63) is 58.7 Å².